The Balaban J connectivity index is 4.56. The second-order valence-corrected chi connectivity index (χ2v) is 14.3. The number of phosphoric acid groups is 1. The van der Waals surface area contributed by atoms with Crippen LogP contribution in [0.2, 0.25) is 0 Å². The summed E-state index contributed by atoms with van der Waals surface area (Å²) in [7, 11) is -4.45. The molecule has 12 heteroatoms. The summed E-state index contributed by atoms with van der Waals surface area (Å²) in [5.74, 6) is -1.13. The minimum absolute atomic E-state index is 0.00530. The van der Waals surface area contributed by atoms with Crippen LogP contribution in [0.5, 0.6) is 0 Å². The Morgan fingerprint density at radius 3 is 1.89 bits per heavy atom. The molecule has 0 fully saturated rings. The summed E-state index contributed by atoms with van der Waals surface area (Å²) in [5.41, 5.74) is 5.32. The molecule has 0 spiro atoms. The van der Waals surface area contributed by atoms with E-state index in [0.717, 1.165) is 44.9 Å². The Bertz CT molecular complexity index is 1250. The maximum absolute atomic E-state index is 12.5. The first-order chi connectivity index (χ1) is 26.6. The number of ether oxygens (including phenoxy) is 2. The Hall–Kier alpha value is -3.15. The van der Waals surface area contributed by atoms with Crippen molar-refractivity contribution in [3.63, 3.8) is 0 Å². The number of carbonyl (C=O) groups excluding carboxylic acids is 2. The first kappa shape index (κ1) is 51.9. The van der Waals surface area contributed by atoms with Crippen molar-refractivity contribution in [3.05, 3.63) is 97.2 Å². The van der Waals surface area contributed by atoms with Crippen molar-refractivity contribution in [1.29, 1.82) is 0 Å². The maximum Gasteiger partial charge on any atom is 0.472 e. The minimum Gasteiger partial charge on any atom is -0.462 e. The van der Waals surface area contributed by atoms with E-state index in [2.05, 4.69) is 68.5 Å². The van der Waals surface area contributed by atoms with Gasteiger partial charge in [-0.3, -0.25) is 18.6 Å². The van der Waals surface area contributed by atoms with E-state index < -0.39 is 44.7 Å². The third-order valence-corrected chi connectivity index (χ3v) is 8.63. The molecule has 0 aromatic carbocycles. The van der Waals surface area contributed by atoms with Crippen molar-refractivity contribution in [2.45, 2.75) is 135 Å². The van der Waals surface area contributed by atoms with Gasteiger partial charge in [-0.15, -0.1) is 0 Å². The molecule has 0 saturated heterocycles. The summed E-state index contributed by atoms with van der Waals surface area (Å²) in [6.07, 6.45) is 40.8. The summed E-state index contributed by atoms with van der Waals surface area (Å²) < 4.78 is 32.5. The maximum atomic E-state index is 12.5. The fraction of sp³-hybridized carbons (Fsp3) is 0.581. The molecule has 5 N–H and O–H groups in total. The number of carbonyl (C=O) groups is 2. The monoisotopic (exact) mass is 791 g/mol. The Morgan fingerprint density at radius 1 is 0.673 bits per heavy atom. The molecule has 0 saturated carbocycles. The van der Waals surface area contributed by atoms with Gasteiger partial charge in [0, 0.05) is 19.4 Å². The number of esters is 2. The number of nitrogens with two attached hydrogens (primary N) is 1. The molecule has 0 amide bonds. The van der Waals surface area contributed by atoms with Crippen LogP contribution in [-0.4, -0.2) is 71.7 Å². The second kappa shape index (κ2) is 37.8. The number of hydrogen-bond acceptors (Lipinski definition) is 10. The minimum atomic E-state index is -4.45. The average molecular weight is 792 g/mol. The largest absolute Gasteiger partial charge is 0.472 e. The third kappa shape index (κ3) is 37.5. The van der Waals surface area contributed by atoms with Gasteiger partial charge in [-0.05, 0) is 77.0 Å². The van der Waals surface area contributed by atoms with Crippen LogP contribution in [-0.2, 0) is 32.7 Å². The lowest BCUT2D eigenvalue weighted by Crippen LogP contribution is -2.29. The predicted octanol–water partition coefficient (Wildman–Crippen LogP) is 8.99. The third-order valence-electron chi connectivity index (χ3n) is 7.64. The number of hydrogen-bond donors (Lipinski definition) is 4. The van der Waals surface area contributed by atoms with E-state index in [4.69, 9.17) is 24.3 Å². The van der Waals surface area contributed by atoms with E-state index in [1.165, 1.54) is 19.3 Å². The van der Waals surface area contributed by atoms with E-state index in [1.54, 1.807) is 36.5 Å². The summed E-state index contributed by atoms with van der Waals surface area (Å²) in [5, 5.41) is 20.2. The topological polar surface area (TPSA) is 175 Å². The molecule has 55 heavy (non-hydrogen) atoms. The molecule has 0 radical (unpaired) electrons. The SMILES string of the molecule is CC/C=C\C/C=C\C/C=C\C/C=C\CCCCC(=O)O[C@H](COC(=O)CCC[C@H](O)\C=C/C=C/C=C/[C@H](O)C/C=C\CCCCC)COP(=O)(O)OCCN. The lowest BCUT2D eigenvalue weighted by molar-refractivity contribution is -0.161. The van der Waals surface area contributed by atoms with Gasteiger partial charge in [0.1, 0.15) is 6.61 Å². The molecule has 0 rings (SSSR count). The van der Waals surface area contributed by atoms with Crippen molar-refractivity contribution in [2.75, 3.05) is 26.4 Å². The number of rotatable bonds is 35. The van der Waals surface area contributed by atoms with Crippen LogP contribution in [0.15, 0.2) is 97.2 Å². The quantitative estimate of drug-likeness (QED) is 0.0159. The molecular weight excluding hydrogens is 721 g/mol. The highest BCUT2D eigenvalue weighted by atomic mass is 31.2. The number of phosphoric ester groups is 1. The number of unbranched alkanes of at least 4 members (excludes halogenated alkanes) is 5. The van der Waals surface area contributed by atoms with Crippen LogP contribution in [0.25, 0.3) is 0 Å². The van der Waals surface area contributed by atoms with Crippen LogP contribution < -0.4 is 5.73 Å². The molecule has 0 aliphatic rings. The zero-order valence-corrected chi connectivity index (χ0v) is 34.2. The van der Waals surface area contributed by atoms with Crippen LogP contribution in [0, 0.1) is 0 Å². The lowest BCUT2D eigenvalue weighted by Gasteiger charge is -2.20. The molecular formula is C43H70NO10P. The van der Waals surface area contributed by atoms with Gasteiger partial charge in [0.2, 0.25) is 0 Å². The zero-order chi connectivity index (χ0) is 40.7. The molecule has 0 aromatic heterocycles. The molecule has 0 aliphatic carbocycles. The molecule has 1 unspecified atom stereocenters. The highest BCUT2D eigenvalue weighted by Gasteiger charge is 2.26. The molecule has 11 nitrogen and oxygen atoms in total. The first-order valence-corrected chi connectivity index (χ1v) is 21.4. The van der Waals surface area contributed by atoms with E-state index in [0.29, 0.717) is 25.7 Å². The van der Waals surface area contributed by atoms with Gasteiger partial charge in [0.25, 0.3) is 0 Å². The summed E-state index contributed by atoms with van der Waals surface area (Å²) >= 11 is 0. The Kier molecular flexibility index (Phi) is 35.6. The number of aliphatic hydroxyl groups excluding tert-OH is 2. The number of allylic oxidation sites excluding steroid dienone is 13. The molecule has 0 bridgehead atoms. The standard InChI is InChI=1S/C43H70NO10P/c1-3-5-7-9-11-12-13-14-15-16-17-18-19-21-27-33-43(48)54-41(38-53-55(49,50)52-36-35-44)37-51-42(47)34-28-32-40(46)31-26-23-22-25-30-39(45)29-24-20-10-8-6-4-2/h5,7,11-12,14-15,17-18,20,22-26,30-31,39-41,45-46H,3-4,6,8-10,13,16,19,21,27-29,32-38,44H2,1-2H3,(H,49,50)/b7-5-,12-11-,15-14-,18-17-,23-22+,24-20-,30-25+,31-26-/t39-,40-,41-/m1/s1. The molecule has 312 valence electrons. The molecule has 0 aromatic rings. The lowest BCUT2D eigenvalue weighted by atomic mass is 10.1. The second-order valence-electron chi connectivity index (χ2n) is 12.8. The van der Waals surface area contributed by atoms with Gasteiger partial charge in [-0.1, -0.05) is 124 Å². The van der Waals surface area contributed by atoms with E-state index >= 15 is 0 Å². The molecule has 0 aliphatic heterocycles. The van der Waals surface area contributed by atoms with Crippen molar-refractivity contribution in [3.8, 4) is 0 Å². The summed E-state index contributed by atoms with van der Waals surface area (Å²) in [4.78, 5) is 34.8. The van der Waals surface area contributed by atoms with Crippen LogP contribution >= 0.6 is 7.82 Å². The van der Waals surface area contributed by atoms with E-state index in [1.807, 2.05) is 6.08 Å². The summed E-state index contributed by atoms with van der Waals surface area (Å²) in [6.45, 7) is 3.18. The molecule has 4 atom stereocenters. The molecule has 0 heterocycles. The van der Waals surface area contributed by atoms with Crippen molar-refractivity contribution < 1.29 is 47.8 Å². The van der Waals surface area contributed by atoms with Crippen molar-refractivity contribution in [1.82, 2.24) is 0 Å². The predicted molar refractivity (Wildman–Crippen MR) is 222 cm³/mol. The highest BCUT2D eigenvalue weighted by Crippen LogP contribution is 2.43. The smallest absolute Gasteiger partial charge is 0.462 e. The number of aliphatic hydroxyl groups is 2. The van der Waals surface area contributed by atoms with Gasteiger partial charge >= 0.3 is 19.8 Å². The first-order valence-electron chi connectivity index (χ1n) is 19.9. The van der Waals surface area contributed by atoms with Crippen molar-refractivity contribution >= 4 is 19.8 Å². The Labute approximate surface area is 331 Å². The van der Waals surface area contributed by atoms with Crippen LogP contribution in [0.3, 0.4) is 0 Å². The highest BCUT2D eigenvalue weighted by molar-refractivity contribution is 7.47. The van der Waals surface area contributed by atoms with Crippen LogP contribution in [0.4, 0.5) is 0 Å². The summed E-state index contributed by atoms with van der Waals surface area (Å²) in [6, 6.07) is 0. The zero-order valence-electron chi connectivity index (χ0n) is 33.3. The van der Waals surface area contributed by atoms with Gasteiger partial charge in [0.05, 0.1) is 25.4 Å². The Morgan fingerprint density at radius 2 is 1.25 bits per heavy atom. The van der Waals surface area contributed by atoms with E-state index in [9.17, 15) is 29.3 Å². The van der Waals surface area contributed by atoms with Crippen molar-refractivity contribution in [2.24, 2.45) is 5.73 Å². The fourth-order valence-corrected chi connectivity index (χ4v) is 5.41. The van der Waals surface area contributed by atoms with Gasteiger partial charge < -0.3 is 30.3 Å². The van der Waals surface area contributed by atoms with Crippen LogP contribution in [0.1, 0.15) is 117 Å². The fourth-order valence-electron chi connectivity index (χ4n) is 4.64. The normalized spacial score (nSPS) is 15.5. The van der Waals surface area contributed by atoms with E-state index in [-0.39, 0.29) is 32.6 Å². The van der Waals surface area contributed by atoms with Gasteiger partial charge in [-0.25, -0.2) is 4.57 Å². The van der Waals surface area contributed by atoms with Gasteiger partial charge in [-0.2, -0.15) is 0 Å². The average Bonchev–Trinajstić information content (AvgIpc) is 3.16. The van der Waals surface area contributed by atoms with Gasteiger partial charge in [0.15, 0.2) is 6.10 Å².